The van der Waals surface area contributed by atoms with Gasteiger partial charge in [0, 0.05) is 17.8 Å². The summed E-state index contributed by atoms with van der Waals surface area (Å²) in [5.74, 6) is 0.868. The Bertz CT molecular complexity index is 435. The third-order valence-corrected chi connectivity index (χ3v) is 5.32. The number of benzene rings is 1. The summed E-state index contributed by atoms with van der Waals surface area (Å²) in [5, 5.41) is 0. The summed E-state index contributed by atoms with van der Waals surface area (Å²) in [7, 11) is 0. The van der Waals surface area contributed by atoms with Crippen molar-refractivity contribution >= 4 is 5.69 Å². The van der Waals surface area contributed by atoms with Crippen LogP contribution in [-0.4, -0.2) is 12.1 Å². The van der Waals surface area contributed by atoms with Crippen LogP contribution in [0.4, 0.5) is 5.69 Å². The van der Waals surface area contributed by atoms with Crippen molar-refractivity contribution < 1.29 is 0 Å². The SMILES string of the molecule is Cc1ccccc1N1C2CCC([C@@H]1C)C2(C)C. The summed E-state index contributed by atoms with van der Waals surface area (Å²) in [4.78, 5) is 2.70. The second kappa shape index (κ2) is 3.51. The molecule has 1 saturated carbocycles. The number of piperidine rings is 1. The minimum Gasteiger partial charge on any atom is -0.365 e. The first kappa shape index (κ1) is 11.1. The second-order valence-corrected chi connectivity index (χ2v) is 6.46. The van der Waals surface area contributed by atoms with E-state index in [4.69, 9.17) is 0 Å². The van der Waals surface area contributed by atoms with E-state index < -0.39 is 0 Å². The Morgan fingerprint density at radius 1 is 1.18 bits per heavy atom. The third-order valence-electron chi connectivity index (χ3n) is 5.32. The maximum atomic E-state index is 2.70. The number of aryl methyl sites for hydroxylation is 1. The number of fused-ring (bicyclic) bond motifs is 2. The smallest absolute Gasteiger partial charge is 0.0401 e. The van der Waals surface area contributed by atoms with Gasteiger partial charge >= 0.3 is 0 Å². The number of hydrogen-bond donors (Lipinski definition) is 0. The zero-order chi connectivity index (χ0) is 12.2. The summed E-state index contributed by atoms with van der Waals surface area (Å²) >= 11 is 0. The van der Waals surface area contributed by atoms with Gasteiger partial charge in [0.15, 0.2) is 0 Å². The van der Waals surface area contributed by atoms with Crippen molar-refractivity contribution in [1.29, 1.82) is 0 Å². The lowest BCUT2D eigenvalue weighted by atomic mass is 9.80. The third kappa shape index (κ3) is 1.38. The average Bonchev–Trinajstić information content (AvgIpc) is 2.66. The van der Waals surface area contributed by atoms with Gasteiger partial charge < -0.3 is 4.90 Å². The normalized spacial score (nSPS) is 34.4. The van der Waals surface area contributed by atoms with E-state index in [1.165, 1.54) is 24.1 Å². The summed E-state index contributed by atoms with van der Waals surface area (Å²) in [6.07, 6.45) is 2.79. The summed E-state index contributed by atoms with van der Waals surface area (Å²) in [5.41, 5.74) is 3.37. The molecule has 1 saturated heterocycles. The molecule has 2 fully saturated rings. The van der Waals surface area contributed by atoms with Crippen LogP contribution in [0.3, 0.4) is 0 Å². The summed E-state index contributed by atoms with van der Waals surface area (Å²) < 4.78 is 0. The van der Waals surface area contributed by atoms with Crippen molar-refractivity contribution in [3.63, 3.8) is 0 Å². The number of rotatable bonds is 1. The van der Waals surface area contributed by atoms with E-state index in [-0.39, 0.29) is 0 Å². The van der Waals surface area contributed by atoms with Gasteiger partial charge in [0.25, 0.3) is 0 Å². The van der Waals surface area contributed by atoms with Crippen molar-refractivity contribution in [1.82, 2.24) is 0 Å². The fourth-order valence-electron chi connectivity index (χ4n) is 4.41. The van der Waals surface area contributed by atoms with Gasteiger partial charge in [-0.25, -0.2) is 0 Å². The quantitative estimate of drug-likeness (QED) is 0.703. The lowest BCUT2D eigenvalue weighted by molar-refractivity contribution is 0.286. The molecule has 3 atom stereocenters. The molecule has 1 aliphatic heterocycles. The van der Waals surface area contributed by atoms with Gasteiger partial charge in [0.05, 0.1) is 0 Å². The molecule has 1 nitrogen and oxygen atoms in total. The van der Waals surface area contributed by atoms with Crippen LogP contribution in [0.15, 0.2) is 24.3 Å². The van der Waals surface area contributed by atoms with Crippen LogP contribution < -0.4 is 4.90 Å². The zero-order valence-electron chi connectivity index (χ0n) is 11.4. The molecule has 0 radical (unpaired) electrons. The first-order valence-electron chi connectivity index (χ1n) is 6.87. The Morgan fingerprint density at radius 3 is 2.47 bits per heavy atom. The zero-order valence-corrected chi connectivity index (χ0v) is 11.4. The molecule has 17 heavy (non-hydrogen) atoms. The molecule has 1 aliphatic carbocycles. The highest BCUT2D eigenvalue weighted by atomic mass is 15.3. The molecule has 1 heteroatoms. The van der Waals surface area contributed by atoms with Crippen molar-refractivity contribution in [2.45, 2.75) is 52.6 Å². The molecule has 3 rings (SSSR count). The molecule has 92 valence electrons. The van der Waals surface area contributed by atoms with Crippen LogP contribution in [0, 0.1) is 18.3 Å². The molecule has 1 heterocycles. The fraction of sp³-hybridized carbons (Fsp3) is 0.625. The monoisotopic (exact) mass is 229 g/mol. The van der Waals surface area contributed by atoms with Gasteiger partial charge in [-0.3, -0.25) is 0 Å². The van der Waals surface area contributed by atoms with E-state index in [2.05, 4.69) is 56.9 Å². The number of anilines is 1. The molecule has 1 aromatic rings. The van der Waals surface area contributed by atoms with E-state index in [1.807, 2.05) is 0 Å². The molecule has 1 aromatic carbocycles. The predicted molar refractivity (Wildman–Crippen MR) is 73.4 cm³/mol. The largest absolute Gasteiger partial charge is 0.365 e. The maximum absolute atomic E-state index is 2.70. The molecule has 0 amide bonds. The summed E-state index contributed by atoms with van der Waals surface area (Å²) in [6.45, 7) is 9.58. The van der Waals surface area contributed by atoms with E-state index in [0.29, 0.717) is 11.5 Å². The van der Waals surface area contributed by atoms with Gasteiger partial charge in [0.2, 0.25) is 0 Å². The predicted octanol–water partition coefficient (Wildman–Crippen LogP) is 4.01. The first-order valence-corrected chi connectivity index (χ1v) is 6.87. The van der Waals surface area contributed by atoms with Crippen LogP contribution in [0.2, 0.25) is 0 Å². The van der Waals surface area contributed by atoms with Crippen molar-refractivity contribution in [3.05, 3.63) is 29.8 Å². The Morgan fingerprint density at radius 2 is 1.88 bits per heavy atom. The van der Waals surface area contributed by atoms with Gasteiger partial charge in [-0.2, -0.15) is 0 Å². The molecule has 0 spiro atoms. The van der Waals surface area contributed by atoms with Crippen LogP contribution in [-0.2, 0) is 0 Å². The van der Waals surface area contributed by atoms with E-state index >= 15 is 0 Å². The Balaban J connectivity index is 2.04. The Labute approximate surface area is 105 Å². The van der Waals surface area contributed by atoms with Crippen LogP contribution in [0.5, 0.6) is 0 Å². The minimum atomic E-state index is 0.488. The van der Waals surface area contributed by atoms with Crippen molar-refractivity contribution in [2.75, 3.05) is 4.90 Å². The Hall–Kier alpha value is -0.980. The van der Waals surface area contributed by atoms with E-state index in [9.17, 15) is 0 Å². The highest BCUT2D eigenvalue weighted by Crippen LogP contribution is 2.56. The number of nitrogens with zero attached hydrogens (tertiary/aromatic N) is 1. The highest BCUT2D eigenvalue weighted by molar-refractivity contribution is 5.57. The van der Waals surface area contributed by atoms with Crippen LogP contribution in [0.25, 0.3) is 0 Å². The lowest BCUT2D eigenvalue weighted by Crippen LogP contribution is -2.40. The van der Waals surface area contributed by atoms with Crippen molar-refractivity contribution in [3.8, 4) is 0 Å². The van der Waals surface area contributed by atoms with Gasteiger partial charge in [-0.1, -0.05) is 32.0 Å². The maximum Gasteiger partial charge on any atom is 0.0401 e. The van der Waals surface area contributed by atoms with Crippen molar-refractivity contribution in [2.24, 2.45) is 11.3 Å². The van der Waals surface area contributed by atoms with E-state index in [1.54, 1.807) is 0 Å². The van der Waals surface area contributed by atoms with Gasteiger partial charge in [-0.15, -0.1) is 0 Å². The first-order chi connectivity index (χ1) is 8.03. The lowest BCUT2D eigenvalue weighted by Gasteiger charge is -2.36. The number of para-hydroxylation sites is 1. The fourth-order valence-corrected chi connectivity index (χ4v) is 4.41. The molecule has 0 aromatic heterocycles. The molecule has 2 unspecified atom stereocenters. The Kier molecular flexibility index (Phi) is 2.30. The summed E-state index contributed by atoms with van der Waals surface area (Å²) in [6, 6.07) is 10.3. The van der Waals surface area contributed by atoms with Crippen LogP contribution >= 0.6 is 0 Å². The molecular weight excluding hydrogens is 206 g/mol. The highest BCUT2D eigenvalue weighted by Gasteiger charge is 2.56. The number of hydrogen-bond acceptors (Lipinski definition) is 1. The molecule has 2 bridgehead atoms. The van der Waals surface area contributed by atoms with Gasteiger partial charge in [-0.05, 0) is 49.7 Å². The minimum absolute atomic E-state index is 0.488. The standard InChI is InChI=1S/C16H23N/c1-11-7-5-6-8-14(11)17-12(2)13-9-10-15(17)16(13,3)4/h5-8,12-13,15H,9-10H2,1-4H3/t12-,13?,15?/m0/s1. The van der Waals surface area contributed by atoms with E-state index in [0.717, 1.165) is 12.0 Å². The van der Waals surface area contributed by atoms with Crippen LogP contribution in [0.1, 0.15) is 39.2 Å². The second-order valence-electron chi connectivity index (χ2n) is 6.46. The average molecular weight is 229 g/mol. The van der Waals surface area contributed by atoms with Gasteiger partial charge in [0.1, 0.15) is 0 Å². The topological polar surface area (TPSA) is 3.24 Å². The molecule has 0 N–H and O–H groups in total. The molecule has 2 aliphatic rings. The molecular formula is C16H23N.